The summed E-state index contributed by atoms with van der Waals surface area (Å²) >= 11 is 0. The van der Waals surface area contributed by atoms with Crippen LogP contribution in [0, 0.1) is 0 Å². The number of rotatable bonds is 5. The molecule has 0 amide bonds. The highest BCUT2D eigenvalue weighted by Crippen LogP contribution is 2.10. The molecule has 0 aromatic heterocycles. The molecule has 0 unspecified atom stereocenters. The zero-order valence-electron chi connectivity index (χ0n) is 6.29. The van der Waals surface area contributed by atoms with E-state index >= 15 is 0 Å². The lowest BCUT2D eigenvalue weighted by Gasteiger charge is -2.19. The molecule has 0 saturated heterocycles. The molecule has 12 heavy (non-hydrogen) atoms. The van der Waals surface area contributed by atoms with Crippen molar-refractivity contribution in [3.8, 4) is 0 Å². The van der Waals surface area contributed by atoms with E-state index in [-0.39, 0.29) is 0 Å². The van der Waals surface area contributed by atoms with Crippen molar-refractivity contribution >= 4 is 11.9 Å². The minimum Gasteiger partial charge on any atom is -0.481 e. The van der Waals surface area contributed by atoms with Crippen LogP contribution in [0.2, 0.25) is 0 Å². The Bertz CT molecular complexity index is 196. The fourth-order valence-corrected chi connectivity index (χ4v) is 0.561. The molecule has 0 aliphatic carbocycles. The summed E-state index contributed by atoms with van der Waals surface area (Å²) in [6.07, 6.45) is -0.860. The fraction of sp³-hybridized carbons (Fsp3) is 0.667. The van der Waals surface area contributed by atoms with E-state index in [0.717, 1.165) is 0 Å². The van der Waals surface area contributed by atoms with Crippen molar-refractivity contribution in [2.45, 2.75) is 18.4 Å². The quantitative estimate of drug-likeness (QED) is 0.533. The SMILES string of the molecule is N[C@@](CF)(CCC(=O)O)C(=O)O. The van der Waals surface area contributed by atoms with E-state index in [1.807, 2.05) is 0 Å². The molecule has 70 valence electrons. The molecule has 5 nitrogen and oxygen atoms in total. The third kappa shape index (κ3) is 2.83. The molecule has 0 heterocycles. The van der Waals surface area contributed by atoms with Crippen molar-refractivity contribution in [1.29, 1.82) is 0 Å². The van der Waals surface area contributed by atoms with Gasteiger partial charge in [0.2, 0.25) is 0 Å². The van der Waals surface area contributed by atoms with Crippen molar-refractivity contribution in [3.05, 3.63) is 0 Å². The van der Waals surface area contributed by atoms with Crippen LogP contribution in [0.25, 0.3) is 0 Å². The summed E-state index contributed by atoms with van der Waals surface area (Å²) in [5.41, 5.74) is 2.99. The van der Waals surface area contributed by atoms with Crippen LogP contribution >= 0.6 is 0 Å². The number of halogens is 1. The Morgan fingerprint density at radius 1 is 1.42 bits per heavy atom. The average molecular weight is 179 g/mol. The van der Waals surface area contributed by atoms with E-state index < -0.39 is 37.0 Å². The third-order valence-electron chi connectivity index (χ3n) is 1.45. The highest BCUT2D eigenvalue weighted by Gasteiger charge is 2.34. The maximum atomic E-state index is 12.0. The molecule has 0 aliphatic rings. The van der Waals surface area contributed by atoms with Crippen LogP contribution in [0.4, 0.5) is 4.39 Å². The van der Waals surface area contributed by atoms with Crippen LogP contribution in [0.15, 0.2) is 0 Å². The van der Waals surface area contributed by atoms with Gasteiger partial charge in [-0.2, -0.15) is 0 Å². The molecule has 6 heteroatoms. The van der Waals surface area contributed by atoms with E-state index in [9.17, 15) is 14.0 Å². The van der Waals surface area contributed by atoms with Gasteiger partial charge in [-0.25, -0.2) is 4.39 Å². The topological polar surface area (TPSA) is 101 Å². The number of carboxylic acid groups (broad SMARTS) is 2. The van der Waals surface area contributed by atoms with Crippen LogP contribution in [0.3, 0.4) is 0 Å². The largest absolute Gasteiger partial charge is 0.481 e. The summed E-state index contributed by atoms with van der Waals surface area (Å²) in [5.74, 6) is -2.72. The predicted octanol–water partition coefficient (Wildman–Crippen LogP) is -0.397. The first-order chi connectivity index (χ1) is 5.42. The van der Waals surface area contributed by atoms with Gasteiger partial charge in [0.1, 0.15) is 12.2 Å². The summed E-state index contributed by atoms with van der Waals surface area (Å²) in [4.78, 5) is 20.3. The van der Waals surface area contributed by atoms with Gasteiger partial charge in [-0.1, -0.05) is 0 Å². The molecule has 0 bridgehead atoms. The van der Waals surface area contributed by atoms with Crippen molar-refractivity contribution < 1.29 is 24.2 Å². The summed E-state index contributed by atoms with van der Waals surface area (Å²) in [6.45, 7) is -1.27. The van der Waals surface area contributed by atoms with Crippen molar-refractivity contribution in [2.75, 3.05) is 6.67 Å². The van der Waals surface area contributed by atoms with Gasteiger partial charge in [0.05, 0.1) is 0 Å². The zero-order chi connectivity index (χ0) is 9.78. The third-order valence-corrected chi connectivity index (χ3v) is 1.45. The molecule has 4 N–H and O–H groups in total. The Labute approximate surface area is 68.0 Å². The summed E-state index contributed by atoms with van der Waals surface area (Å²) in [7, 11) is 0. The van der Waals surface area contributed by atoms with Crippen molar-refractivity contribution in [1.82, 2.24) is 0 Å². The number of alkyl halides is 1. The van der Waals surface area contributed by atoms with Crippen LogP contribution in [0.5, 0.6) is 0 Å². The Balaban J connectivity index is 4.15. The highest BCUT2D eigenvalue weighted by molar-refractivity contribution is 5.79. The lowest BCUT2D eigenvalue weighted by atomic mass is 9.97. The predicted molar refractivity (Wildman–Crippen MR) is 37.4 cm³/mol. The first kappa shape index (κ1) is 10.8. The van der Waals surface area contributed by atoms with Gasteiger partial charge in [-0.3, -0.25) is 9.59 Å². The zero-order valence-corrected chi connectivity index (χ0v) is 6.29. The number of hydrogen-bond acceptors (Lipinski definition) is 3. The van der Waals surface area contributed by atoms with Gasteiger partial charge in [0, 0.05) is 6.42 Å². The summed E-state index contributed by atoms with van der Waals surface area (Å²) in [5, 5.41) is 16.6. The molecule has 0 spiro atoms. The molecule has 0 fully saturated rings. The van der Waals surface area contributed by atoms with Gasteiger partial charge in [0.25, 0.3) is 0 Å². The Hall–Kier alpha value is -1.17. The van der Waals surface area contributed by atoms with Crippen LogP contribution in [0.1, 0.15) is 12.8 Å². The molecule has 0 radical (unpaired) electrons. The maximum absolute atomic E-state index is 12.0. The second kappa shape index (κ2) is 4.01. The van der Waals surface area contributed by atoms with Crippen molar-refractivity contribution in [3.63, 3.8) is 0 Å². The normalized spacial score (nSPS) is 15.2. The van der Waals surface area contributed by atoms with Crippen LogP contribution < -0.4 is 5.73 Å². The van der Waals surface area contributed by atoms with Crippen LogP contribution in [-0.4, -0.2) is 34.4 Å². The van der Waals surface area contributed by atoms with Gasteiger partial charge in [-0.15, -0.1) is 0 Å². The number of carboxylic acids is 2. The Morgan fingerprint density at radius 2 is 1.92 bits per heavy atom. The molecule has 0 aromatic rings. The summed E-state index contributed by atoms with van der Waals surface area (Å²) < 4.78 is 12.0. The van der Waals surface area contributed by atoms with E-state index in [1.54, 1.807) is 0 Å². The van der Waals surface area contributed by atoms with Gasteiger partial charge in [-0.05, 0) is 6.42 Å². The highest BCUT2D eigenvalue weighted by atomic mass is 19.1. The van der Waals surface area contributed by atoms with Gasteiger partial charge in [0.15, 0.2) is 0 Å². The minimum atomic E-state index is -2.06. The van der Waals surface area contributed by atoms with Crippen molar-refractivity contribution in [2.24, 2.45) is 5.73 Å². The van der Waals surface area contributed by atoms with E-state index in [2.05, 4.69) is 0 Å². The first-order valence-electron chi connectivity index (χ1n) is 3.22. The molecule has 0 rings (SSSR count). The monoisotopic (exact) mass is 179 g/mol. The van der Waals surface area contributed by atoms with Gasteiger partial charge >= 0.3 is 11.9 Å². The van der Waals surface area contributed by atoms with E-state index in [1.165, 1.54) is 0 Å². The lowest BCUT2D eigenvalue weighted by Crippen LogP contribution is -2.50. The summed E-state index contributed by atoms with van der Waals surface area (Å²) in [6, 6.07) is 0. The molecule has 1 atom stereocenters. The molecular formula is C6H10FNO4. The molecule has 0 aromatic carbocycles. The number of hydrogen-bond donors (Lipinski definition) is 3. The molecule has 0 saturated carbocycles. The van der Waals surface area contributed by atoms with Crippen LogP contribution in [-0.2, 0) is 9.59 Å². The lowest BCUT2D eigenvalue weighted by molar-refractivity contribution is -0.145. The Morgan fingerprint density at radius 3 is 2.17 bits per heavy atom. The minimum absolute atomic E-state index is 0.409. The first-order valence-corrected chi connectivity index (χ1v) is 3.22. The number of aliphatic carboxylic acids is 2. The van der Waals surface area contributed by atoms with E-state index in [0.29, 0.717) is 0 Å². The fourth-order valence-electron chi connectivity index (χ4n) is 0.561. The standard InChI is InChI=1S/C6H10FNO4/c7-3-6(8,5(11)12)2-1-4(9)10/h1-3,8H2,(H,9,10)(H,11,12)/t6-/m1/s1. The maximum Gasteiger partial charge on any atom is 0.326 e. The van der Waals surface area contributed by atoms with E-state index in [4.69, 9.17) is 15.9 Å². The van der Waals surface area contributed by atoms with Gasteiger partial charge < -0.3 is 15.9 Å². The Kier molecular flexibility index (Phi) is 3.62. The average Bonchev–Trinajstić information content (AvgIpc) is 1.99. The number of carbonyl (C=O) groups is 2. The second-order valence-electron chi connectivity index (χ2n) is 2.49. The second-order valence-corrected chi connectivity index (χ2v) is 2.49. The molecule has 0 aliphatic heterocycles. The number of nitrogens with two attached hydrogens (primary N) is 1. The molecular weight excluding hydrogens is 169 g/mol. The smallest absolute Gasteiger partial charge is 0.326 e.